The maximum Gasteiger partial charge on any atom is 0.420 e. The van der Waals surface area contributed by atoms with Crippen LogP contribution in [0.1, 0.15) is 12.0 Å². The summed E-state index contributed by atoms with van der Waals surface area (Å²) in [4.78, 5) is 31.5. The van der Waals surface area contributed by atoms with E-state index in [0.29, 0.717) is 17.6 Å². The third-order valence-electron chi connectivity index (χ3n) is 5.37. The molecule has 0 fully saturated rings. The van der Waals surface area contributed by atoms with Crippen molar-refractivity contribution in [3.63, 3.8) is 0 Å². The summed E-state index contributed by atoms with van der Waals surface area (Å²) < 4.78 is 6.78. The second-order valence-corrected chi connectivity index (χ2v) is 7.16. The molecule has 6 nitrogen and oxygen atoms in total. The number of aromatic nitrogens is 2. The number of pyridine rings is 1. The molecule has 0 aliphatic carbocycles. The van der Waals surface area contributed by atoms with E-state index in [1.165, 1.54) is 4.57 Å². The highest BCUT2D eigenvalue weighted by atomic mass is 16.4. The van der Waals surface area contributed by atoms with Gasteiger partial charge in [0.2, 0.25) is 5.91 Å². The molecule has 1 aliphatic rings. The maximum absolute atomic E-state index is 13.1. The van der Waals surface area contributed by atoms with Crippen molar-refractivity contribution in [3.8, 4) is 11.1 Å². The van der Waals surface area contributed by atoms with Crippen LogP contribution in [0.2, 0.25) is 0 Å². The van der Waals surface area contributed by atoms with Crippen molar-refractivity contribution in [2.75, 3.05) is 11.4 Å². The second kappa shape index (κ2) is 7.05. The summed E-state index contributed by atoms with van der Waals surface area (Å²) in [6.07, 6.45) is 5.35. The molecule has 0 radical (unpaired) electrons. The van der Waals surface area contributed by atoms with Crippen LogP contribution in [-0.2, 0) is 17.8 Å². The Morgan fingerprint density at radius 1 is 1.07 bits per heavy atom. The molecule has 144 valence electrons. The lowest BCUT2D eigenvalue weighted by Crippen LogP contribution is -2.39. The summed E-state index contributed by atoms with van der Waals surface area (Å²) >= 11 is 0. The molecule has 1 amide bonds. The van der Waals surface area contributed by atoms with Gasteiger partial charge in [-0.15, -0.1) is 0 Å². The minimum absolute atomic E-state index is 0.0589. The molecule has 29 heavy (non-hydrogen) atoms. The Morgan fingerprint density at radius 3 is 2.83 bits per heavy atom. The average molecular weight is 385 g/mol. The summed E-state index contributed by atoms with van der Waals surface area (Å²) in [6, 6.07) is 17.3. The first kappa shape index (κ1) is 17.4. The second-order valence-electron chi connectivity index (χ2n) is 7.16. The van der Waals surface area contributed by atoms with Crippen molar-refractivity contribution >= 4 is 22.7 Å². The highest BCUT2D eigenvalue weighted by molar-refractivity contribution is 5.95. The number of amides is 1. The zero-order chi connectivity index (χ0) is 19.8. The molecule has 4 aromatic rings. The maximum atomic E-state index is 13.1. The molecular weight excluding hydrogens is 366 g/mol. The van der Waals surface area contributed by atoms with Crippen LogP contribution >= 0.6 is 0 Å². The Morgan fingerprint density at radius 2 is 1.97 bits per heavy atom. The van der Waals surface area contributed by atoms with E-state index in [1.54, 1.807) is 23.4 Å². The number of rotatable bonds is 3. The lowest BCUT2D eigenvalue weighted by Gasteiger charge is -2.29. The van der Waals surface area contributed by atoms with E-state index in [4.69, 9.17) is 4.42 Å². The van der Waals surface area contributed by atoms with Crippen LogP contribution in [0.25, 0.3) is 22.2 Å². The van der Waals surface area contributed by atoms with Gasteiger partial charge in [-0.3, -0.25) is 14.3 Å². The first-order valence-corrected chi connectivity index (χ1v) is 9.63. The number of carbonyl (C=O) groups is 1. The Balaban J connectivity index is 1.51. The van der Waals surface area contributed by atoms with E-state index < -0.39 is 5.76 Å². The number of carbonyl (C=O) groups excluding carboxylic acids is 1. The van der Waals surface area contributed by atoms with Crippen molar-refractivity contribution in [1.82, 2.24) is 9.55 Å². The van der Waals surface area contributed by atoms with Gasteiger partial charge >= 0.3 is 5.76 Å². The normalized spacial score (nSPS) is 13.4. The highest BCUT2D eigenvalue weighted by Gasteiger charge is 2.24. The third-order valence-corrected chi connectivity index (χ3v) is 5.37. The van der Waals surface area contributed by atoms with Crippen LogP contribution in [0.4, 0.5) is 5.69 Å². The van der Waals surface area contributed by atoms with E-state index in [1.807, 2.05) is 48.5 Å². The van der Waals surface area contributed by atoms with Crippen molar-refractivity contribution in [2.45, 2.75) is 19.4 Å². The zero-order valence-electron chi connectivity index (χ0n) is 15.7. The lowest BCUT2D eigenvalue weighted by molar-refractivity contribution is -0.119. The Hall–Kier alpha value is -3.67. The van der Waals surface area contributed by atoms with Crippen LogP contribution in [0.5, 0.6) is 0 Å². The van der Waals surface area contributed by atoms with Gasteiger partial charge in [-0.2, -0.15) is 0 Å². The highest BCUT2D eigenvalue weighted by Crippen LogP contribution is 2.28. The number of nitrogens with zero attached hydrogens (tertiary/aromatic N) is 3. The van der Waals surface area contributed by atoms with E-state index >= 15 is 0 Å². The monoisotopic (exact) mass is 385 g/mol. The van der Waals surface area contributed by atoms with Crippen molar-refractivity contribution < 1.29 is 9.21 Å². The molecule has 2 aromatic carbocycles. The van der Waals surface area contributed by atoms with Gasteiger partial charge < -0.3 is 9.32 Å². The number of fused-ring (bicyclic) bond motifs is 2. The van der Waals surface area contributed by atoms with E-state index in [0.717, 1.165) is 35.2 Å². The van der Waals surface area contributed by atoms with Crippen LogP contribution in [0, 0.1) is 0 Å². The topological polar surface area (TPSA) is 68.3 Å². The molecule has 0 bridgehead atoms. The summed E-state index contributed by atoms with van der Waals surface area (Å²) in [5, 5.41) is 0. The molecule has 0 atom stereocenters. The Kier molecular flexibility index (Phi) is 4.24. The molecule has 1 aliphatic heterocycles. The number of para-hydroxylation sites is 1. The summed E-state index contributed by atoms with van der Waals surface area (Å²) in [6.45, 7) is 0.595. The smallest absolute Gasteiger partial charge is 0.408 e. The summed E-state index contributed by atoms with van der Waals surface area (Å²) in [5.74, 6) is -0.643. The molecule has 0 N–H and O–H groups in total. The number of aryl methyl sites for hydroxylation is 1. The van der Waals surface area contributed by atoms with Crippen LogP contribution in [0.3, 0.4) is 0 Å². The van der Waals surface area contributed by atoms with Gasteiger partial charge in [0.25, 0.3) is 0 Å². The van der Waals surface area contributed by atoms with Gasteiger partial charge in [0.05, 0.1) is 5.52 Å². The largest absolute Gasteiger partial charge is 0.420 e. The number of hydrogen-bond acceptors (Lipinski definition) is 4. The first-order valence-electron chi connectivity index (χ1n) is 9.63. The van der Waals surface area contributed by atoms with Gasteiger partial charge in [-0.25, -0.2) is 4.79 Å². The quantitative estimate of drug-likeness (QED) is 0.540. The average Bonchev–Trinajstić information content (AvgIpc) is 3.08. The molecule has 2 aromatic heterocycles. The Bertz CT molecular complexity index is 1260. The molecule has 0 unspecified atom stereocenters. The van der Waals surface area contributed by atoms with Crippen LogP contribution < -0.4 is 10.7 Å². The zero-order valence-corrected chi connectivity index (χ0v) is 15.7. The van der Waals surface area contributed by atoms with E-state index in [2.05, 4.69) is 4.98 Å². The minimum atomic E-state index is -0.526. The van der Waals surface area contributed by atoms with E-state index in [9.17, 15) is 9.59 Å². The fourth-order valence-electron chi connectivity index (χ4n) is 3.94. The summed E-state index contributed by atoms with van der Waals surface area (Å²) in [7, 11) is 0. The minimum Gasteiger partial charge on any atom is -0.408 e. The molecular formula is C23H19N3O3. The van der Waals surface area contributed by atoms with Crippen molar-refractivity contribution in [2.24, 2.45) is 0 Å². The molecule has 3 heterocycles. The molecule has 0 saturated heterocycles. The SMILES string of the molecule is O=C(Cn1c(=O)oc2ccc(-c3cccnc3)cc21)N1CCCc2ccccc21. The van der Waals surface area contributed by atoms with Gasteiger partial charge in [-0.1, -0.05) is 30.3 Å². The van der Waals surface area contributed by atoms with Gasteiger partial charge in [0.1, 0.15) is 6.54 Å². The van der Waals surface area contributed by atoms with Crippen molar-refractivity contribution in [3.05, 3.63) is 83.1 Å². The van der Waals surface area contributed by atoms with Gasteiger partial charge in [0, 0.05) is 30.2 Å². The fourth-order valence-corrected chi connectivity index (χ4v) is 3.94. The fraction of sp³-hybridized carbons (Fsp3) is 0.174. The molecule has 0 saturated carbocycles. The van der Waals surface area contributed by atoms with Gasteiger partial charge in [-0.05, 0) is 48.2 Å². The molecule has 6 heteroatoms. The van der Waals surface area contributed by atoms with Crippen LogP contribution in [-0.4, -0.2) is 22.0 Å². The lowest BCUT2D eigenvalue weighted by atomic mass is 10.0. The number of benzene rings is 2. The molecule has 0 spiro atoms. The number of oxazole rings is 1. The first-order chi connectivity index (χ1) is 14.2. The van der Waals surface area contributed by atoms with E-state index in [-0.39, 0.29) is 12.5 Å². The van der Waals surface area contributed by atoms with Gasteiger partial charge in [0.15, 0.2) is 5.58 Å². The number of anilines is 1. The predicted molar refractivity (Wildman–Crippen MR) is 111 cm³/mol. The van der Waals surface area contributed by atoms with Crippen molar-refractivity contribution in [1.29, 1.82) is 0 Å². The number of hydrogen-bond donors (Lipinski definition) is 0. The van der Waals surface area contributed by atoms with Crippen LogP contribution in [0.15, 0.2) is 76.2 Å². The summed E-state index contributed by atoms with van der Waals surface area (Å²) in [5.41, 5.74) is 5.02. The third kappa shape index (κ3) is 3.12. The Labute approximate surface area is 167 Å². The standard InChI is InChI=1S/C23H19N3O3/c27-22(25-12-4-7-16-5-1-2-8-19(16)25)15-26-20-13-17(18-6-3-11-24-14-18)9-10-21(20)29-23(26)28/h1-3,5-6,8-11,13-14H,4,7,12,15H2. The predicted octanol–water partition coefficient (Wildman–Crippen LogP) is 3.64. The molecule has 5 rings (SSSR count).